The third-order valence-electron chi connectivity index (χ3n) is 6.23. The molecule has 4 rings (SSSR count). The lowest BCUT2D eigenvalue weighted by molar-refractivity contribution is 0.206. The minimum Gasteiger partial charge on any atom is -0.493 e. The number of hydrogen-bond donors (Lipinski definition) is 0. The summed E-state index contributed by atoms with van der Waals surface area (Å²) in [6, 6.07) is 17.4. The van der Waals surface area contributed by atoms with Crippen LogP contribution in [-0.4, -0.2) is 46.7 Å². The van der Waals surface area contributed by atoms with Gasteiger partial charge in [0.1, 0.15) is 5.82 Å². The number of rotatable bonds is 8. The summed E-state index contributed by atoms with van der Waals surface area (Å²) in [5.74, 6) is 0.444. The number of ether oxygens (including phenoxy) is 2. The Morgan fingerprint density at radius 2 is 1.63 bits per heavy atom. The fourth-order valence-electron chi connectivity index (χ4n) is 4.41. The summed E-state index contributed by atoms with van der Waals surface area (Å²) in [6.45, 7) is 2.12. The first-order valence-corrected chi connectivity index (χ1v) is 13.1. The average molecular weight is 519 g/mol. The number of hydrogen-bond acceptors (Lipinski definition) is 5. The quantitative estimate of drug-likeness (QED) is 0.402. The van der Waals surface area contributed by atoms with E-state index in [1.807, 2.05) is 24.3 Å². The summed E-state index contributed by atoms with van der Waals surface area (Å²) in [6.07, 6.45) is 1.25. The van der Waals surface area contributed by atoms with Gasteiger partial charge in [-0.15, -0.1) is 0 Å². The Bertz CT molecular complexity index is 1260. The maximum absolute atomic E-state index is 13.8. The van der Waals surface area contributed by atoms with Crippen molar-refractivity contribution in [3.8, 4) is 11.5 Å². The molecule has 35 heavy (non-hydrogen) atoms. The smallest absolute Gasteiger partial charge is 0.264 e. The van der Waals surface area contributed by atoms with Crippen molar-refractivity contribution in [2.75, 3.05) is 31.6 Å². The van der Waals surface area contributed by atoms with Crippen LogP contribution in [0.25, 0.3) is 0 Å². The maximum atomic E-state index is 13.8. The molecule has 6 nitrogen and oxygen atoms in total. The molecule has 1 heterocycles. The summed E-state index contributed by atoms with van der Waals surface area (Å²) >= 11 is 6.33. The molecule has 9 heteroatoms. The van der Waals surface area contributed by atoms with E-state index in [9.17, 15) is 12.8 Å². The fraction of sp³-hybridized carbons (Fsp3) is 0.308. The van der Waals surface area contributed by atoms with Crippen molar-refractivity contribution < 1.29 is 22.3 Å². The van der Waals surface area contributed by atoms with E-state index in [-0.39, 0.29) is 10.9 Å². The lowest BCUT2D eigenvalue weighted by atomic mass is 10.0. The molecule has 3 aromatic rings. The molecule has 3 aromatic carbocycles. The third-order valence-corrected chi connectivity index (χ3v) is 8.50. The predicted molar refractivity (Wildman–Crippen MR) is 135 cm³/mol. The number of likely N-dealkylation sites (tertiary alicyclic amines) is 1. The van der Waals surface area contributed by atoms with E-state index in [1.165, 1.54) is 30.7 Å². The van der Waals surface area contributed by atoms with Gasteiger partial charge in [-0.1, -0.05) is 29.8 Å². The minimum atomic E-state index is -3.97. The molecule has 0 radical (unpaired) electrons. The highest BCUT2D eigenvalue weighted by molar-refractivity contribution is 7.92. The average Bonchev–Trinajstić information content (AvgIpc) is 2.86. The van der Waals surface area contributed by atoms with Gasteiger partial charge in [0.25, 0.3) is 10.0 Å². The van der Waals surface area contributed by atoms with Gasteiger partial charge in [-0.25, -0.2) is 12.8 Å². The topological polar surface area (TPSA) is 59.1 Å². The van der Waals surface area contributed by atoms with Gasteiger partial charge in [0.15, 0.2) is 11.5 Å². The molecule has 0 unspecified atom stereocenters. The zero-order valence-electron chi connectivity index (χ0n) is 19.7. The number of benzene rings is 3. The van der Waals surface area contributed by atoms with Crippen molar-refractivity contribution in [2.45, 2.75) is 30.3 Å². The minimum absolute atomic E-state index is 0.0344. The van der Waals surface area contributed by atoms with Crippen LogP contribution in [0, 0.1) is 5.82 Å². The number of sulfonamides is 1. The SMILES string of the molecule is COc1ccc(N(C2CCN(Cc3ccccc3Cl)CC2)S(=O)(=O)c2ccc(F)cc2)cc1OC. The van der Waals surface area contributed by atoms with Crippen LogP contribution in [0.5, 0.6) is 11.5 Å². The van der Waals surface area contributed by atoms with E-state index in [2.05, 4.69) is 4.90 Å². The highest BCUT2D eigenvalue weighted by atomic mass is 35.5. The van der Waals surface area contributed by atoms with Crippen molar-refractivity contribution in [1.82, 2.24) is 4.90 Å². The third kappa shape index (κ3) is 5.55. The largest absolute Gasteiger partial charge is 0.493 e. The van der Waals surface area contributed by atoms with Gasteiger partial charge >= 0.3 is 0 Å². The maximum Gasteiger partial charge on any atom is 0.264 e. The second-order valence-electron chi connectivity index (χ2n) is 8.39. The molecule has 0 bridgehead atoms. The summed E-state index contributed by atoms with van der Waals surface area (Å²) in [5.41, 5.74) is 1.51. The Kier molecular flexibility index (Phi) is 7.84. The van der Waals surface area contributed by atoms with Gasteiger partial charge < -0.3 is 9.47 Å². The van der Waals surface area contributed by atoms with Crippen molar-refractivity contribution >= 4 is 27.3 Å². The number of nitrogens with zero attached hydrogens (tertiary/aromatic N) is 2. The molecule has 0 spiro atoms. The van der Waals surface area contributed by atoms with Gasteiger partial charge in [0.05, 0.1) is 24.8 Å². The van der Waals surface area contributed by atoms with Crippen molar-refractivity contribution in [1.29, 1.82) is 0 Å². The first kappa shape index (κ1) is 25.3. The molecular weight excluding hydrogens is 491 g/mol. The number of methoxy groups -OCH3 is 2. The summed E-state index contributed by atoms with van der Waals surface area (Å²) in [4.78, 5) is 2.31. The second-order valence-corrected chi connectivity index (χ2v) is 10.6. The first-order chi connectivity index (χ1) is 16.8. The van der Waals surface area contributed by atoms with Crippen molar-refractivity contribution in [3.05, 3.63) is 83.1 Å². The molecule has 0 aromatic heterocycles. The fourth-order valence-corrected chi connectivity index (χ4v) is 6.30. The normalized spacial score (nSPS) is 15.1. The van der Waals surface area contributed by atoms with E-state index < -0.39 is 15.8 Å². The molecule has 1 aliphatic heterocycles. The van der Waals surface area contributed by atoms with Gasteiger partial charge in [-0.3, -0.25) is 9.21 Å². The monoisotopic (exact) mass is 518 g/mol. The summed E-state index contributed by atoms with van der Waals surface area (Å²) < 4.78 is 53.4. The van der Waals surface area contributed by atoms with Crippen LogP contribution in [-0.2, 0) is 16.6 Å². The molecule has 0 N–H and O–H groups in total. The number of halogens is 2. The van der Waals surface area contributed by atoms with Crippen LogP contribution >= 0.6 is 11.6 Å². The standard InChI is InChI=1S/C26H28ClFN2O4S/c1-33-25-12-9-22(17-26(25)34-2)30(35(31,32)23-10-7-20(28)8-11-23)21-13-15-29(16-14-21)18-19-5-3-4-6-24(19)27/h3-12,17,21H,13-16,18H2,1-2H3. The molecule has 1 aliphatic rings. The molecule has 186 valence electrons. The molecule has 0 amide bonds. The van der Waals surface area contributed by atoms with E-state index >= 15 is 0 Å². The van der Waals surface area contributed by atoms with Gasteiger partial charge in [0, 0.05) is 36.8 Å². The van der Waals surface area contributed by atoms with Crippen LogP contribution in [0.1, 0.15) is 18.4 Å². The Morgan fingerprint density at radius 3 is 2.26 bits per heavy atom. The van der Waals surface area contributed by atoms with Gasteiger partial charge in [-0.2, -0.15) is 0 Å². The Labute approximate surface area is 210 Å². The van der Waals surface area contributed by atoms with E-state index in [1.54, 1.807) is 18.2 Å². The Morgan fingerprint density at radius 1 is 0.971 bits per heavy atom. The van der Waals surface area contributed by atoms with Crippen LogP contribution in [0.4, 0.5) is 10.1 Å². The Balaban J connectivity index is 1.64. The zero-order valence-corrected chi connectivity index (χ0v) is 21.2. The van der Waals surface area contributed by atoms with E-state index in [4.69, 9.17) is 21.1 Å². The highest BCUT2D eigenvalue weighted by Crippen LogP contribution is 2.37. The molecule has 0 atom stereocenters. The van der Waals surface area contributed by atoms with Gasteiger partial charge in [0.2, 0.25) is 0 Å². The predicted octanol–water partition coefficient (Wildman–Crippen LogP) is 5.36. The number of anilines is 1. The lowest BCUT2D eigenvalue weighted by Crippen LogP contribution is -2.47. The van der Waals surface area contributed by atoms with Crippen LogP contribution in [0.2, 0.25) is 5.02 Å². The highest BCUT2D eigenvalue weighted by Gasteiger charge is 2.35. The Hall–Kier alpha value is -2.81. The molecule has 0 aliphatic carbocycles. The zero-order chi connectivity index (χ0) is 25.0. The molecular formula is C26H28ClFN2O4S. The first-order valence-electron chi connectivity index (χ1n) is 11.3. The molecule has 0 saturated carbocycles. The van der Waals surface area contributed by atoms with Crippen molar-refractivity contribution in [3.63, 3.8) is 0 Å². The molecule has 1 fully saturated rings. The van der Waals surface area contributed by atoms with Crippen molar-refractivity contribution in [2.24, 2.45) is 0 Å². The van der Waals surface area contributed by atoms with Gasteiger partial charge in [-0.05, 0) is 60.9 Å². The lowest BCUT2D eigenvalue weighted by Gasteiger charge is -2.39. The second kappa shape index (κ2) is 10.8. The van der Waals surface area contributed by atoms with E-state index in [0.717, 1.165) is 22.7 Å². The number of piperidine rings is 1. The summed E-state index contributed by atoms with van der Waals surface area (Å²) in [7, 11) is -0.933. The van der Waals surface area contributed by atoms with Crippen LogP contribution in [0.3, 0.4) is 0 Å². The van der Waals surface area contributed by atoms with E-state index in [0.29, 0.717) is 49.7 Å². The van der Waals surface area contributed by atoms with Crippen LogP contribution in [0.15, 0.2) is 71.6 Å². The molecule has 1 saturated heterocycles. The van der Waals surface area contributed by atoms with Crippen LogP contribution < -0.4 is 13.8 Å². The summed E-state index contributed by atoms with van der Waals surface area (Å²) in [5, 5.41) is 0.723.